The molecular formula is C27H33N5O3. The maximum absolute atomic E-state index is 12.5. The van der Waals surface area contributed by atoms with Gasteiger partial charge in [0.25, 0.3) is 0 Å². The summed E-state index contributed by atoms with van der Waals surface area (Å²) in [5.74, 6) is -0.191. The molecule has 1 fully saturated rings. The lowest BCUT2D eigenvalue weighted by Gasteiger charge is -2.30. The number of amides is 2. The topological polar surface area (TPSA) is 107 Å². The summed E-state index contributed by atoms with van der Waals surface area (Å²) in [5, 5.41) is 19.8. The largest absolute Gasteiger partial charge is 0.480 e. The van der Waals surface area contributed by atoms with Gasteiger partial charge in [-0.05, 0) is 37.3 Å². The number of carbonyl (C=O) groups excluding carboxylic acids is 1. The zero-order valence-electron chi connectivity index (χ0n) is 20.2. The molecule has 2 amide bonds. The number of hydrogen-bond acceptors (Lipinski definition) is 5. The van der Waals surface area contributed by atoms with E-state index < -0.39 is 18.0 Å². The summed E-state index contributed by atoms with van der Waals surface area (Å²) in [6, 6.07) is 18.4. The number of nitrogens with one attached hydrogen (secondary N) is 3. The summed E-state index contributed by atoms with van der Waals surface area (Å²) in [6.45, 7) is 0. The van der Waals surface area contributed by atoms with E-state index in [2.05, 4.69) is 33.0 Å². The van der Waals surface area contributed by atoms with Crippen molar-refractivity contribution in [3.05, 3.63) is 66.2 Å². The van der Waals surface area contributed by atoms with E-state index in [0.717, 1.165) is 53.7 Å². The number of fused-ring (bicyclic) bond motifs is 1. The van der Waals surface area contributed by atoms with Gasteiger partial charge in [0.1, 0.15) is 11.9 Å². The van der Waals surface area contributed by atoms with Crippen LogP contribution in [0.5, 0.6) is 0 Å². The van der Waals surface area contributed by atoms with Gasteiger partial charge in [-0.1, -0.05) is 48.5 Å². The van der Waals surface area contributed by atoms with Crippen LogP contribution in [0.1, 0.15) is 31.2 Å². The van der Waals surface area contributed by atoms with Crippen LogP contribution in [0.25, 0.3) is 10.9 Å². The smallest absolute Gasteiger partial charge is 0.326 e. The van der Waals surface area contributed by atoms with Crippen LogP contribution in [0.4, 0.5) is 16.3 Å². The van der Waals surface area contributed by atoms with Crippen LogP contribution in [0.2, 0.25) is 0 Å². The highest BCUT2D eigenvalue weighted by atomic mass is 16.4. The molecule has 3 aromatic rings. The molecule has 0 bridgehead atoms. The number of aliphatic carboxylic acids is 1. The Balaban J connectivity index is 1.29. The zero-order chi connectivity index (χ0) is 24.8. The standard InChI is InChI=1S/C27H33N5O3/c1-32(2)24-17-25(30-22-11-7-6-10-21(22)24)28-19-12-14-20(15-13-19)29-27(35)31-23(26(33)34)16-18-8-4-3-5-9-18/h3-11,17,19-20,23H,12-16H2,1-2H3,(H,28,30)(H,33,34)(H2,29,31,35)/t19-,20+,23?. The normalized spacial score (nSPS) is 18.5. The lowest BCUT2D eigenvalue weighted by molar-refractivity contribution is -0.139. The maximum atomic E-state index is 12.5. The summed E-state index contributed by atoms with van der Waals surface area (Å²) in [7, 11) is 4.06. The SMILES string of the molecule is CN(C)c1cc(N[C@H]2CC[C@@H](NC(=O)NC(Cc3ccccc3)C(=O)O)CC2)nc2ccccc12. The van der Waals surface area contributed by atoms with Crippen molar-refractivity contribution in [3.63, 3.8) is 0 Å². The quantitative estimate of drug-likeness (QED) is 0.392. The van der Waals surface area contributed by atoms with Crippen LogP contribution in [-0.2, 0) is 11.2 Å². The van der Waals surface area contributed by atoms with Gasteiger partial charge in [-0.2, -0.15) is 0 Å². The van der Waals surface area contributed by atoms with Crippen LogP contribution in [0.3, 0.4) is 0 Å². The number of carbonyl (C=O) groups is 2. The first kappa shape index (κ1) is 24.3. The minimum Gasteiger partial charge on any atom is -0.480 e. The molecular weight excluding hydrogens is 442 g/mol. The molecule has 8 nitrogen and oxygen atoms in total. The number of urea groups is 1. The van der Waals surface area contributed by atoms with Crippen molar-refractivity contribution >= 4 is 34.4 Å². The number of nitrogens with zero attached hydrogens (tertiary/aromatic N) is 2. The van der Waals surface area contributed by atoms with Crippen LogP contribution in [0, 0.1) is 0 Å². The molecule has 0 aliphatic heterocycles. The second-order valence-electron chi connectivity index (χ2n) is 9.33. The lowest BCUT2D eigenvalue weighted by atomic mass is 9.91. The molecule has 4 N–H and O–H groups in total. The Hall–Kier alpha value is -3.81. The molecule has 1 unspecified atom stereocenters. The molecule has 1 aliphatic rings. The van der Waals surface area contributed by atoms with Gasteiger partial charge in [0.05, 0.1) is 5.52 Å². The van der Waals surface area contributed by atoms with Gasteiger partial charge in [-0.3, -0.25) is 0 Å². The number of carboxylic acids is 1. The third-order valence-corrected chi connectivity index (χ3v) is 6.48. The van der Waals surface area contributed by atoms with Crippen molar-refractivity contribution < 1.29 is 14.7 Å². The fourth-order valence-electron chi connectivity index (χ4n) is 4.63. The number of carboxylic acid groups (broad SMARTS) is 1. The van der Waals surface area contributed by atoms with Gasteiger partial charge in [0, 0.05) is 49.7 Å². The highest BCUT2D eigenvalue weighted by Gasteiger charge is 2.25. The van der Waals surface area contributed by atoms with Crippen molar-refractivity contribution in [1.82, 2.24) is 15.6 Å². The maximum Gasteiger partial charge on any atom is 0.326 e. The highest BCUT2D eigenvalue weighted by molar-refractivity contribution is 5.93. The van der Waals surface area contributed by atoms with Crippen molar-refractivity contribution in [2.45, 2.75) is 50.2 Å². The average Bonchev–Trinajstić information content (AvgIpc) is 2.85. The van der Waals surface area contributed by atoms with Crippen LogP contribution in [-0.4, -0.2) is 54.3 Å². The van der Waals surface area contributed by atoms with Crippen LogP contribution >= 0.6 is 0 Å². The van der Waals surface area contributed by atoms with E-state index >= 15 is 0 Å². The molecule has 1 aromatic heterocycles. The number of aromatic nitrogens is 1. The van der Waals surface area contributed by atoms with E-state index in [0.29, 0.717) is 0 Å². The van der Waals surface area contributed by atoms with Gasteiger partial charge < -0.3 is 26.0 Å². The van der Waals surface area contributed by atoms with E-state index in [1.54, 1.807) is 0 Å². The Bertz CT molecular complexity index is 1160. The van der Waals surface area contributed by atoms with Gasteiger partial charge in [-0.15, -0.1) is 0 Å². The lowest BCUT2D eigenvalue weighted by Crippen LogP contribution is -2.50. The number of anilines is 2. The Labute approximate surface area is 205 Å². The van der Waals surface area contributed by atoms with Crippen molar-refractivity contribution in [2.24, 2.45) is 0 Å². The number of benzene rings is 2. The molecule has 0 spiro atoms. The van der Waals surface area contributed by atoms with Gasteiger partial charge in [0.15, 0.2) is 0 Å². The summed E-state index contributed by atoms with van der Waals surface area (Å²) in [6.07, 6.45) is 3.66. The number of para-hydroxylation sites is 1. The monoisotopic (exact) mass is 475 g/mol. The number of pyridine rings is 1. The van der Waals surface area contributed by atoms with Crippen LogP contribution < -0.4 is 20.9 Å². The molecule has 0 radical (unpaired) electrons. The third-order valence-electron chi connectivity index (χ3n) is 6.48. The first-order chi connectivity index (χ1) is 16.9. The Morgan fingerprint density at radius 3 is 2.34 bits per heavy atom. The summed E-state index contributed by atoms with van der Waals surface area (Å²) < 4.78 is 0. The molecule has 184 valence electrons. The third kappa shape index (κ3) is 6.41. The van der Waals surface area contributed by atoms with Gasteiger partial charge >= 0.3 is 12.0 Å². The van der Waals surface area contributed by atoms with Crippen molar-refractivity contribution in [3.8, 4) is 0 Å². The fourth-order valence-corrected chi connectivity index (χ4v) is 4.63. The van der Waals surface area contributed by atoms with Crippen molar-refractivity contribution in [1.29, 1.82) is 0 Å². The highest BCUT2D eigenvalue weighted by Crippen LogP contribution is 2.29. The van der Waals surface area contributed by atoms with E-state index in [9.17, 15) is 14.7 Å². The number of rotatable bonds is 8. The molecule has 35 heavy (non-hydrogen) atoms. The van der Waals surface area contributed by atoms with E-state index in [1.165, 1.54) is 0 Å². The second kappa shape index (κ2) is 11.1. The van der Waals surface area contributed by atoms with Gasteiger partial charge in [0.2, 0.25) is 0 Å². The predicted octanol–water partition coefficient (Wildman–Crippen LogP) is 4.02. The first-order valence-electron chi connectivity index (χ1n) is 12.1. The molecule has 1 aliphatic carbocycles. The molecule has 1 heterocycles. The summed E-state index contributed by atoms with van der Waals surface area (Å²) in [5.41, 5.74) is 2.94. The van der Waals surface area contributed by atoms with Crippen LogP contribution in [0.15, 0.2) is 60.7 Å². The fraction of sp³-hybridized carbons (Fsp3) is 0.370. The summed E-state index contributed by atoms with van der Waals surface area (Å²) >= 11 is 0. The summed E-state index contributed by atoms with van der Waals surface area (Å²) in [4.78, 5) is 31.0. The van der Waals surface area contributed by atoms with E-state index in [4.69, 9.17) is 4.98 Å². The predicted molar refractivity (Wildman–Crippen MR) is 139 cm³/mol. The average molecular weight is 476 g/mol. The number of hydrogen-bond donors (Lipinski definition) is 4. The molecule has 0 saturated heterocycles. The zero-order valence-corrected chi connectivity index (χ0v) is 20.2. The molecule has 2 aromatic carbocycles. The van der Waals surface area contributed by atoms with Crippen molar-refractivity contribution in [2.75, 3.05) is 24.3 Å². The van der Waals surface area contributed by atoms with E-state index in [-0.39, 0.29) is 18.5 Å². The molecule has 8 heteroatoms. The Morgan fingerprint density at radius 1 is 1.00 bits per heavy atom. The molecule has 1 atom stereocenters. The minimum absolute atomic E-state index is 0.0149. The van der Waals surface area contributed by atoms with E-state index in [1.807, 2.05) is 62.6 Å². The minimum atomic E-state index is -1.04. The Kier molecular flexibility index (Phi) is 7.70. The molecule has 4 rings (SSSR count). The Morgan fingerprint density at radius 2 is 1.66 bits per heavy atom. The molecule has 1 saturated carbocycles. The van der Waals surface area contributed by atoms with Gasteiger partial charge in [-0.25, -0.2) is 14.6 Å². The first-order valence-corrected chi connectivity index (χ1v) is 12.1. The second-order valence-corrected chi connectivity index (χ2v) is 9.33.